The van der Waals surface area contributed by atoms with Crippen molar-refractivity contribution in [1.29, 1.82) is 0 Å². The van der Waals surface area contributed by atoms with Crippen LogP contribution in [-0.2, 0) is 4.74 Å². The maximum absolute atomic E-state index is 12.7. The summed E-state index contributed by atoms with van der Waals surface area (Å²) in [4.78, 5) is 25.3. The van der Waals surface area contributed by atoms with E-state index in [1.165, 1.54) is 0 Å². The van der Waals surface area contributed by atoms with Crippen LogP contribution in [-0.4, -0.2) is 49.4 Å². The van der Waals surface area contributed by atoms with Gasteiger partial charge in [0.15, 0.2) is 5.11 Å². The van der Waals surface area contributed by atoms with E-state index in [0.29, 0.717) is 42.3 Å². The van der Waals surface area contributed by atoms with E-state index in [1.54, 1.807) is 48.5 Å². The first-order valence-corrected chi connectivity index (χ1v) is 12.5. The average molecular weight is 520 g/mol. The zero-order valence-electron chi connectivity index (χ0n) is 20.3. The number of carbonyl (C=O) groups excluding carboxylic acids is 2. The van der Waals surface area contributed by atoms with E-state index >= 15 is 0 Å². The van der Waals surface area contributed by atoms with Crippen LogP contribution in [0.5, 0.6) is 11.5 Å². The molecule has 3 N–H and O–H groups in total. The predicted molar refractivity (Wildman–Crippen MR) is 145 cm³/mol. The molecule has 9 heteroatoms. The Balaban J connectivity index is 1.24. The molecule has 0 aliphatic carbocycles. The molecule has 0 saturated carbocycles. The van der Waals surface area contributed by atoms with Crippen molar-refractivity contribution < 1.29 is 23.8 Å². The standard InChI is InChI=1S/C28H29N3O5S/c32-26(20-12-14-22(15-13-20)36-18-17-35-21-7-2-1-3-8-21)31-28(37)30-25-11-5-4-10-24(25)27(33)29-19-23-9-6-16-34-23/h1-5,7-8,10-15,23H,6,9,16-19H2,(H,29,33)(H2,30,31,32,37). The van der Waals surface area contributed by atoms with Crippen LogP contribution in [0.1, 0.15) is 33.6 Å². The Morgan fingerprint density at radius 1 is 0.865 bits per heavy atom. The molecule has 2 amide bonds. The molecule has 1 atom stereocenters. The number of ether oxygens (including phenoxy) is 3. The highest BCUT2D eigenvalue weighted by molar-refractivity contribution is 7.80. The quantitative estimate of drug-likeness (QED) is 0.273. The van der Waals surface area contributed by atoms with E-state index in [0.717, 1.165) is 25.2 Å². The predicted octanol–water partition coefficient (Wildman–Crippen LogP) is 4.18. The lowest BCUT2D eigenvalue weighted by Gasteiger charge is -2.15. The molecular formula is C28H29N3O5S. The van der Waals surface area contributed by atoms with E-state index in [9.17, 15) is 9.59 Å². The van der Waals surface area contributed by atoms with Crippen molar-refractivity contribution in [3.8, 4) is 11.5 Å². The molecule has 8 nitrogen and oxygen atoms in total. The molecule has 3 aromatic carbocycles. The van der Waals surface area contributed by atoms with Gasteiger partial charge < -0.3 is 24.8 Å². The molecule has 37 heavy (non-hydrogen) atoms. The van der Waals surface area contributed by atoms with Crippen molar-refractivity contribution >= 4 is 34.8 Å². The third kappa shape index (κ3) is 8.03. The molecule has 0 bridgehead atoms. The van der Waals surface area contributed by atoms with Crippen molar-refractivity contribution in [2.24, 2.45) is 0 Å². The Hall–Kier alpha value is -3.95. The monoisotopic (exact) mass is 519 g/mol. The second-order valence-electron chi connectivity index (χ2n) is 8.33. The molecule has 1 saturated heterocycles. The fourth-order valence-electron chi connectivity index (χ4n) is 3.76. The van der Waals surface area contributed by atoms with Gasteiger partial charge in [0.25, 0.3) is 11.8 Å². The lowest BCUT2D eigenvalue weighted by molar-refractivity contribution is 0.0858. The summed E-state index contributed by atoms with van der Waals surface area (Å²) >= 11 is 5.31. The average Bonchev–Trinajstić information content (AvgIpc) is 3.45. The SMILES string of the molecule is O=C(NC(=S)Nc1ccccc1C(=O)NCC1CCCO1)c1ccc(OCCOc2ccccc2)cc1. The van der Waals surface area contributed by atoms with Crippen LogP contribution in [0.4, 0.5) is 5.69 Å². The topological polar surface area (TPSA) is 97.9 Å². The summed E-state index contributed by atoms with van der Waals surface area (Å²) in [6.07, 6.45) is 1.99. The number of thiocarbonyl (C=S) groups is 1. The first-order valence-electron chi connectivity index (χ1n) is 12.1. The molecule has 1 fully saturated rings. The Bertz CT molecular complexity index is 1200. The summed E-state index contributed by atoms with van der Waals surface area (Å²) in [5, 5.41) is 8.58. The molecule has 1 heterocycles. The molecule has 0 radical (unpaired) electrons. The van der Waals surface area contributed by atoms with Crippen LogP contribution in [0, 0.1) is 0 Å². The number of benzene rings is 3. The number of rotatable bonds is 10. The molecule has 1 unspecified atom stereocenters. The van der Waals surface area contributed by atoms with Crippen molar-refractivity contribution in [3.05, 3.63) is 90.0 Å². The van der Waals surface area contributed by atoms with Crippen LogP contribution < -0.4 is 25.4 Å². The van der Waals surface area contributed by atoms with Gasteiger partial charge in [0, 0.05) is 18.7 Å². The Kier molecular flexibility index (Phi) is 9.45. The smallest absolute Gasteiger partial charge is 0.257 e. The Morgan fingerprint density at radius 3 is 2.24 bits per heavy atom. The van der Waals surface area contributed by atoms with E-state index in [2.05, 4.69) is 16.0 Å². The summed E-state index contributed by atoms with van der Waals surface area (Å²) in [5.41, 5.74) is 1.34. The molecule has 192 valence electrons. The van der Waals surface area contributed by atoms with Crippen molar-refractivity contribution in [1.82, 2.24) is 10.6 Å². The van der Waals surface area contributed by atoms with Crippen LogP contribution in [0.2, 0.25) is 0 Å². The van der Waals surface area contributed by atoms with Gasteiger partial charge in [-0.15, -0.1) is 0 Å². The third-order valence-electron chi connectivity index (χ3n) is 5.64. The molecule has 0 spiro atoms. The largest absolute Gasteiger partial charge is 0.490 e. The first-order chi connectivity index (χ1) is 18.1. The molecular weight excluding hydrogens is 490 g/mol. The summed E-state index contributed by atoms with van der Waals surface area (Å²) < 4.78 is 16.8. The van der Waals surface area contributed by atoms with Gasteiger partial charge in [-0.05, 0) is 73.6 Å². The maximum Gasteiger partial charge on any atom is 0.257 e. The van der Waals surface area contributed by atoms with Crippen molar-refractivity contribution in [2.75, 3.05) is 31.7 Å². The summed E-state index contributed by atoms with van der Waals surface area (Å²) in [5.74, 6) is 0.788. The Labute approximate surface area is 221 Å². The zero-order chi connectivity index (χ0) is 25.9. The van der Waals surface area contributed by atoms with Crippen LogP contribution in [0.15, 0.2) is 78.9 Å². The first kappa shape index (κ1) is 26.1. The van der Waals surface area contributed by atoms with E-state index in [4.69, 9.17) is 26.4 Å². The molecule has 1 aliphatic heterocycles. The fraction of sp³-hybridized carbons (Fsp3) is 0.250. The second kappa shape index (κ2) is 13.4. The summed E-state index contributed by atoms with van der Waals surface area (Å²) in [6, 6.07) is 23.2. The van der Waals surface area contributed by atoms with E-state index in [1.807, 2.05) is 30.3 Å². The molecule has 4 rings (SSSR count). The highest BCUT2D eigenvalue weighted by atomic mass is 32.1. The number of para-hydroxylation sites is 2. The molecule has 0 aromatic heterocycles. The number of amides is 2. The van der Waals surface area contributed by atoms with Gasteiger partial charge in [0.05, 0.1) is 17.4 Å². The molecule has 3 aromatic rings. The number of nitrogens with one attached hydrogen (secondary N) is 3. The molecule has 1 aliphatic rings. The van der Waals surface area contributed by atoms with Gasteiger partial charge in [-0.3, -0.25) is 14.9 Å². The van der Waals surface area contributed by atoms with Gasteiger partial charge in [-0.2, -0.15) is 0 Å². The van der Waals surface area contributed by atoms with E-state index < -0.39 is 0 Å². The number of hydrogen-bond donors (Lipinski definition) is 3. The number of anilines is 1. The second-order valence-corrected chi connectivity index (χ2v) is 8.74. The van der Waals surface area contributed by atoms with Crippen LogP contribution >= 0.6 is 12.2 Å². The number of hydrogen-bond acceptors (Lipinski definition) is 6. The van der Waals surface area contributed by atoms with Gasteiger partial charge in [0.1, 0.15) is 24.7 Å². The van der Waals surface area contributed by atoms with Crippen LogP contribution in [0.3, 0.4) is 0 Å². The lowest BCUT2D eigenvalue weighted by atomic mass is 10.1. The Morgan fingerprint density at radius 2 is 1.54 bits per heavy atom. The maximum atomic E-state index is 12.7. The minimum atomic E-state index is -0.378. The zero-order valence-corrected chi connectivity index (χ0v) is 21.1. The van der Waals surface area contributed by atoms with Gasteiger partial charge in [-0.25, -0.2) is 0 Å². The van der Waals surface area contributed by atoms with Crippen molar-refractivity contribution in [3.63, 3.8) is 0 Å². The van der Waals surface area contributed by atoms with Gasteiger partial charge in [0.2, 0.25) is 0 Å². The van der Waals surface area contributed by atoms with Gasteiger partial charge in [-0.1, -0.05) is 30.3 Å². The number of carbonyl (C=O) groups is 2. The highest BCUT2D eigenvalue weighted by Gasteiger charge is 2.18. The highest BCUT2D eigenvalue weighted by Crippen LogP contribution is 2.17. The van der Waals surface area contributed by atoms with Crippen molar-refractivity contribution in [2.45, 2.75) is 18.9 Å². The minimum absolute atomic E-state index is 0.0452. The fourth-order valence-corrected chi connectivity index (χ4v) is 3.97. The summed E-state index contributed by atoms with van der Waals surface area (Å²) in [7, 11) is 0. The van der Waals surface area contributed by atoms with Crippen LogP contribution in [0.25, 0.3) is 0 Å². The third-order valence-corrected chi connectivity index (χ3v) is 5.85. The minimum Gasteiger partial charge on any atom is -0.490 e. The lowest BCUT2D eigenvalue weighted by Crippen LogP contribution is -2.35. The summed E-state index contributed by atoms with van der Waals surface area (Å²) in [6.45, 7) is 1.95. The normalized spacial score (nSPS) is 14.4. The van der Waals surface area contributed by atoms with Gasteiger partial charge >= 0.3 is 0 Å². The van der Waals surface area contributed by atoms with E-state index in [-0.39, 0.29) is 23.0 Å².